The van der Waals surface area contributed by atoms with E-state index in [-0.39, 0.29) is 0 Å². The monoisotopic (exact) mass is 361 g/mol. The van der Waals surface area contributed by atoms with E-state index in [2.05, 4.69) is 66.2 Å². The molecule has 7 nitrogen and oxygen atoms in total. The van der Waals surface area contributed by atoms with Crippen LogP contribution in [-0.2, 0) is 6.54 Å². The van der Waals surface area contributed by atoms with Crippen molar-refractivity contribution >= 4 is 17.7 Å². The highest BCUT2D eigenvalue weighted by atomic mass is 15.3. The van der Waals surface area contributed by atoms with Crippen molar-refractivity contribution in [2.75, 3.05) is 41.3 Å². The number of aromatic nitrogens is 4. The van der Waals surface area contributed by atoms with Crippen LogP contribution < -0.4 is 15.1 Å². The predicted octanol–water partition coefficient (Wildman–Crippen LogP) is 2.51. The van der Waals surface area contributed by atoms with Crippen LogP contribution in [0.25, 0.3) is 0 Å². The highest BCUT2D eigenvalue weighted by Gasteiger charge is 2.20. The molecule has 0 amide bonds. The van der Waals surface area contributed by atoms with Gasteiger partial charge in [0, 0.05) is 51.3 Å². The van der Waals surface area contributed by atoms with Crippen molar-refractivity contribution in [3.8, 4) is 0 Å². The summed E-state index contributed by atoms with van der Waals surface area (Å²) in [5, 5.41) is 3.32. The first-order valence-electron chi connectivity index (χ1n) is 9.17. The van der Waals surface area contributed by atoms with Crippen LogP contribution in [0.1, 0.15) is 11.1 Å². The molecule has 1 N–H and O–H groups in total. The van der Waals surface area contributed by atoms with Gasteiger partial charge in [-0.15, -0.1) is 0 Å². The number of rotatable bonds is 5. The van der Waals surface area contributed by atoms with Crippen LogP contribution in [0.4, 0.5) is 17.7 Å². The Bertz CT molecular complexity index is 876. The smallest absolute Gasteiger partial charge is 0.225 e. The molecule has 3 aromatic rings. The zero-order chi connectivity index (χ0) is 18.5. The normalized spacial score (nSPS) is 14.3. The number of hydrogen-bond donors (Lipinski definition) is 1. The van der Waals surface area contributed by atoms with E-state index in [4.69, 9.17) is 0 Å². The van der Waals surface area contributed by atoms with Crippen molar-refractivity contribution in [2.24, 2.45) is 0 Å². The molecule has 3 heterocycles. The molecular weight excluding hydrogens is 338 g/mol. The molecule has 1 fully saturated rings. The van der Waals surface area contributed by atoms with Gasteiger partial charge in [0.25, 0.3) is 0 Å². The summed E-state index contributed by atoms with van der Waals surface area (Å²) in [4.78, 5) is 22.2. The Morgan fingerprint density at radius 2 is 1.67 bits per heavy atom. The summed E-state index contributed by atoms with van der Waals surface area (Å²) in [5.41, 5.74) is 2.48. The first-order chi connectivity index (χ1) is 13.3. The minimum absolute atomic E-state index is 0.655. The Hall–Kier alpha value is -3.22. The lowest BCUT2D eigenvalue weighted by Crippen LogP contribution is -2.47. The number of nitrogens with zero attached hydrogens (tertiary/aromatic N) is 6. The van der Waals surface area contributed by atoms with E-state index in [1.165, 1.54) is 11.1 Å². The van der Waals surface area contributed by atoms with Crippen molar-refractivity contribution in [1.29, 1.82) is 0 Å². The van der Waals surface area contributed by atoms with Gasteiger partial charge in [-0.2, -0.15) is 4.98 Å². The van der Waals surface area contributed by atoms with Crippen LogP contribution in [0.15, 0.2) is 55.0 Å². The number of nitrogens with one attached hydrogen (secondary N) is 1. The maximum absolute atomic E-state index is 4.69. The Morgan fingerprint density at radius 3 is 2.44 bits per heavy atom. The van der Waals surface area contributed by atoms with Crippen LogP contribution in [0.3, 0.4) is 0 Å². The Labute approximate surface area is 159 Å². The minimum atomic E-state index is 0.655. The van der Waals surface area contributed by atoms with Gasteiger partial charge >= 0.3 is 0 Å². The molecule has 0 unspecified atom stereocenters. The van der Waals surface area contributed by atoms with Gasteiger partial charge in [-0.05, 0) is 24.6 Å². The molecule has 0 saturated carbocycles. The van der Waals surface area contributed by atoms with E-state index in [0.29, 0.717) is 12.5 Å². The summed E-state index contributed by atoms with van der Waals surface area (Å²) >= 11 is 0. The van der Waals surface area contributed by atoms with Gasteiger partial charge < -0.3 is 15.1 Å². The molecule has 2 aromatic heterocycles. The molecule has 7 heteroatoms. The highest BCUT2D eigenvalue weighted by molar-refractivity contribution is 5.45. The lowest BCUT2D eigenvalue weighted by Gasteiger charge is -2.35. The van der Waals surface area contributed by atoms with Crippen molar-refractivity contribution in [2.45, 2.75) is 13.5 Å². The zero-order valence-electron chi connectivity index (χ0n) is 15.4. The second-order valence-electron chi connectivity index (χ2n) is 6.60. The summed E-state index contributed by atoms with van der Waals surface area (Å²) in [7, 11) is 0. The Kier molecular flexibility index (Phi) is 5.09. The summed E-state index contributed by atoms with van der Waals surface area (Å²) in [6, 6.07) is 12.2. The third-order valence-corrected chi connectivity index (χ3v) is 4.61. The van der Waals surface area contributed by atoms with Gasteiger partial charge in [0.15, 0.2) is 0 Å². The summed E-state index contributed by atoms with van der Waals surface area (Å²) in [6.07, 6.45) is 5.38. The summed E-state index contributed by atoms with van der Waals surface area (Å²) in [5.74, 6) is 2.40. The number of hydrogen-bond acceptors (Lipinski definition) is 7. The molecule has 0 atom stereocenters. The SMILES string of the molecule is Cc1cccc(CNc2nccc(N3CCN(c4ncccn4)CC3)n2)c1. The third kappa shape index (κ3) is 4.31. The van der Waals surface area contributed by atoms with Crippen molar-refractivity contribution < 1.29 is 0 Å². The van der Waals surface area contributed by atoms with Gasteiger partial charge in [0.2, 0.25) is 11.9 Å². The van der Waals surface area contributed by atoms with E-state index < -0.39 is 0 Å². The topological polar surface area (TPSA) is 70.1 Å². The molecule has 138 valence electrons. The molecule has 4 rings (SSSR count). The van der Waals surface area contributed by atoms with Gasteiger partial charge in [0.05, 0.1) is 0 Å². The van der Waals surface area contributed by atoms with Crippen LogP contribution in [-0.4, -0.2) is 46.1 Å². The number of aryl methyl sites for hydroxylation is 1. The largest absolute Gasteiger partial charge is 0.353 e. The fourth-order valence-electron chi connectivity index (χ4n) is 3.20. The zero-order valence-corrected chi connectivity index (χ0v) is 15.4. The number of piperazine rings is 1. The fourth-order valence-corrected chi connectivity index (χ4v) is 3.20. The van der Waals surface area contributed by atoms with Gasteiger partial charge in [0.1, 0.15) is 5.82 Å². The summed E-state index contributed by atoms with van der Waals surface area (Å²) in [6.45, 7) is 6.32. The standard InChI is InChI=1S/C20H23N7/c1-16-4-2-5-17(14-16)15-24-19-21-9-6-18(25-19)26-10-12-27(13-11-26)20-22-7-3-8-23-20/h2-9,14H,10-13,15H2,1H3,(H,21,24,25). The molecule has 1 aliphatic rings. The Balaban J connectivity index is 1.37. The average Bonchev–Trinajstić information content (AvgIpc) is 2.73. The first kappa shape index (κ1) is 17.2. The summed E-state index contributed by atoms with van der Waals surface area (Å²) < 4.78 is 0. The molecule has 1 saturated heterocycles. The van der Waals surface area contributed by atoms with E-state index in [9.17, 15) is 0 Å². The number of benzene rings is 1. The van der Waals surface area contributed by atoms with E-state index in [1.54, 1.807) is 12.4 Å². The lowest BCUT2D eigenvalue weighted by atomic mass is 10.1. The van der Waals surface area contributed by atoms with Gasteiger partial charge in [-0.25, -0.2) is 15.0 Å². The average molecular weight is 361 g/mol. The number of anilines is 3. The van der Waals surface area contributed by atoms with Gasteiger partial charge in [-0.3, -0.25) is 0 Å². The fraction of sp³-hybridized carbons (Fsp3) is 0.300. The molecule has 0 bridgehead atoms. The van der Waals surface area contributed by atoms with Crippen molar-refractivity contribution in [3.63, 3.8) is 0 Å². The van der Waals surface area contributed by atoms with E-state index >= 15 is 0 Å². The highest BCUT2D eigenvalue weighted by Crippen LogP contribution is 2.17. The Morgan fingerprint density at radius 1 is 0.889 bits per heavy atom. The van der Waals surface area contributed by atoms with Crippen molar-refractivity contribution in [3.05, 3.63) is 66.1 Å². The molecule has 27 heavy (non-hydrogen) atoms. The van der Waals surface area contributed by atoms with Crippen LogP contribution >= 0.6 is 0 Å². The second kappa shape index (κ2) is 7.99. The van der Waals surface area contributed by atoms with Crippen LogP contribution in [0.5, 0.6) is 0 Å². The first-order valence-corrected chi connectivity index (χ1v) is 9.17. The molecule has 0 aliphatic carbocycles. The maximum Gasteiger partial charge on any atom is 0.225 e. The van der Waals surface area contributed by atoms with Gasteiger partial charge in [-0.1, -0.05) is 29.8 Å². The molecule has 1 aromatic carbocycles. The lowest BCUT2D eigenvalue weighted by molar-refractivity contribution is 0.634. The maximum atomic E-state index is 4.69. The third-order valence-electron chi connectivity index (χ3n) is 4.61. The van der Waals surface area contributed by atoms with Crippen molar-refractivity contribution in [1.82, 2.24) is 19.9 Å². The minimum Gasteiger partial charge on any atom is -0.353 e. The van der Waals surface area contributed by atoms with Crippen LogP contribution in [0.2, 0.25) is 0 Å². The quantitative estimate of drug-likeness (QED) is 0.749. The molecular formula is C20H23N7. The molecule has 0 radical (unpaired) electrons. The predicted molar refractivity (Wildman–Crippen MR) is 107 cm³/mol. The molecule has 0 spiro atoms. The van der Waals surface area contributed by atoms with E-state index in [1.807, 2.05) is 18.3 Å². The van der Waals surface area contributed by atoms with Crippen LogP contribution in [0, 0.1) is 6.92 Å². The molecule has 1 aliphatic heterocycles. The second-order valence-corrected chi connectivity index (χ2v) is 6.60. The van der Waals surface area contributed by atoms with E-state index in [0.717, 1.165) is 37.9 Å².